The average molecular weight is 199 g/mol. The first-order valence-electron chi connectivity index (χ1n) is 5.55. The van der Waals surface area contributed by atoms with E-state index in [-0.39, 0.29) is 17.2 Å². The fourth-order valence-electron chi connectivity index (χ4n) is 2.60. The van der Waals surface area contributed by atoms with Crippen LogP contribution in [0.4, 0.5) is 0 Å². The van der Waals surface area contributed by atoms with Crippen molar-refractivity contribution in [3.05, 3.63) is 0 Å². The molecule has 82 valence electrons. The third kappa shape index (κ3) is 1.58. The smallest absolute Gasteiger partial charge is 0.106 e. The van der Waals surface area contributed by atoms with Gasteiger partial charge in [0.2, 0.25) is 0 Å². The molecule has 1 N–H and O–H groups in total. The van der Waals surface area contributed by atoms with Gasteiger partial charge in [-0.2, -0.15) is 0 Å². The molecule has 0 aliphatic carbocycles. The largest absolute Gasteiger partial charge is 0.381 e. The van der Waals surface area contributed by atoms with E-state index < -0.39 is 0 Å². The summed E-state index contributed by atoms with van der Waals surface area (Å²) in [4.78, 5) is 0. The summed E-state index contributed by atoms with van der Waals surface area (Å²) in [6.07, 6.45) is 2.25. The van der Waals surface area contributed by atoms with Crippen molar-refractivity contribution in [3.63, 3.8) is 0 Å². The van der Waals surface area contributed by atoms with Crippen LogP contribution < -0.4 is 5.32 Å². The van der Waals surface area contributed by atoms with Gasteiger partial charge in [0.25, 0.3) is 0 Å². The van der Waals surface area contributed by atoms with Gasteiger partial charge in [0.05, 0.1) is 5.60 Å². The first kappa shape index (κ1) is 10.4. The zero-order valence-corrected chi connectivity index (χ0v) is 9.43. The van der Waals surface area contributed by atoms with Gasteiger partial charge in [0, 0.05) is 38.0 Å². The Balaban J connectivity index is 2.18. The molecule has 2 aliphatic heterocycles. The minimum Gasteiger partial charge on any atom is -0.381 e. The highest BCUT2D eigenvalue weighted by Crippen LogP contribution is 2.44. The normalized spacial score (nSPS) is 35.8. The van der Waals surface area contributed by atoms with Crippen LogP contribution in [0.2, 0.25) is 0 Å². The molecule has 2 saturated heterocycles. The Morgan fingerprint density at radius 1 is 1.21 bits per heavy atom. The minimum atomic E-state index is 0.0376. The summed E-state index contributed by atoms with van der Waals surface area (Å²) in [5.41, 5.74) is 0.249. The van der Waals surface area contributed by atoms with Gasteiger partial charge < -0.3 is 9.47 Å². The second kappa shape index (κ2) is 3.47. The van der Waals surface area contributed by atoms with Crippen LogP contribution >= 0.6 is 0 Å². The standard InChI is InChI=1S/C11H21NO2/c1-9-12-8-10(2,3)11(14-9)4-6-13-7-5-11/h9,12H,4-8H2,1-3H3. The van der Waals surface area contributed by atoms with E-state index in [1.807, 2.05) is 0 Å². The zero-order valence-electron chi connectivity index (χ0n) is 9.43. The lowest BCUT2D eigenvalue weighted by atomic mass is 9.69. The maximum atomic E-state index is 6.14. The van der Waals surface area contributed by atoms with Crippen molar-refractivity contribution >= 4 is 0 Å². The molecule has 0 aromatic heterocycles. The third-order valence-corrected chi connectivity index (χ3v) is 3.77. The van der Waals surface area contributed by atoms with E-state index in [0.29, 0.717) is 0 Å². The molecule has 14 heavy (non-hydrogen) atoms. The van der Waals surface area contributed by atoms with E-state index in [4.69, 9.17) is 9.47 Å². The molecule has 0 amide bonds. The Hall–Kier alpha value is -0.120. The van der Waals surface area contributed by atoms with Gasteiger partial charge >= 0.3 is 0 Å². The molecule has 3 nitrogen and oxygen atoms in total. The second-order valence-electron chi connectivity index (χ2n) is 5.13. The lowest BCUT2D eigenvalue weighted by molar-refractivity contribution is -0.226. The molecule has 1 unspecified atom stereocenters. The van der Waals surface area contributed by atoms with Crippen LogP contribution in [-0.4, -0.2) is 31.6 Å². The summed E-state index contributed by atoms with van der Waals surface area (Å²) in [7, 11) is 0. The van der Waals surface area contributed by atoms with E-state index in [2.05, 4.69) is 26.1 Å². The fraction of sp³-hybridized carbons (Fsp3) is 1.00. The summed E-state index contributed by atoms with van der Waals surface area (Å²) >= 11 is 0. The Kier molecular flexibility index (Phi) is 2.58. The predicted octanol–water partition coefficient (Wildman–Crippen LogP) is 1.53. The number of nitrogens with one attached hydrogen (secondary N) is 1. The van der Waals surface area contributed by atoms with E-state index in [0.717, 1.165) is 32.6 Å². The monoisotopic (exact) mass is 199 g/mol. The molecule has 0 aromatic carbocycles. The quantitative estimate of drug-likeness (QED) is 0.641. The number of hydrogen-bond donors (Lipinski definition) is 1. The van der Waals surface area contributed by atoms with Crippen molar-refractivity contribution < 1.29 is 9.47 Å². The van der Waals surface area contributed by atoms with Gasteiger partial charge in [-0.1, -0.05) is 13.8 Å². The summed E-state index contributed by atoms with van der Waals surface area (Å²) in [6, 6.07) is 0. The number of ether oxygens (including phenoxy) is 2. The van der Waals surface area contributed by atoms with Crippen LogP contribution in [0, 0.1) is 5.41 Å². The van der Waals surface area contributed by atoms with Crippen LogP contribution in [0.3, 0.4) is 0 Å². The van der Waals surface area contributed by atoms with Gasteiger partial charge in [0.1, 0.15) is 6.23 Å². The molecule has 2 fully saturated rings. The molecule has 0 aromatic rings. The topological polar surface area (TPSA) is 30.5 Å². The van der Waals surface area contributed by atoms with Crippen molar-refractivity contribution in [1.29, 1.82) is 0 Å². The molecule has 1 spiro atoms. The Labute approximate surface area is 86.2 Å². The molecule has 1 atom stereocenters. The molecule has 3 heteroatoms. The third-order valence-electron chi connectivity index (χ3n) is 3.77. The highest BCUT2D eigenvalue weighted by molar-refractivity contribution is 5.00. The zero-order chi connectivity index (χ0) is 10.2. The van der Waals surface area contributed by atoms with Gasteiger partial charge in [-0.3, -0.25) is 5.32 Å². The molecule has 0 radical (unpaired) electrons. The summed E-state index contributed by atoms with van der Waals surface area (Å²) < 4.78 is 11.6. The fourth-order valence-corrected chi connectivity index (χ4v) is 2.60. The maximum absolute atomic E-state index is 6.14. The van der Waals surface area contributed by atoms with Gasteiger partial charge in [-0.25, -0.2) is 0 Å². The molecule has 2 heterocycles. The highest BCUT2D eigenvalue weighted by Gasteiger charge is 2.50. The first-order chi connectivity index (χ1) is 6.56. The van der Waals surface area contributed by atoms with Crippen LogP contribution in [0.5, 0.6) is 0 Å². The maximum Gasteiger partial charge on any atom is 0.106 e. The van der Waals surface area contributed by atoms with E-state index in [1.54, 1.807) is 0 Å². The van der Waals surface area contributed by atoms with Crippen molar-refractivity contribution in [2.45, 2.75) is 45.4 Å². The molecule has 0 bridgehead atoms. The molecular weight excluding hydrogens is 178 g/mol. The predicted molar refractivity (Wildman–Crippen MR) is 55.1 cm³/mol. The lowest BCUT2D eigenvalue weighted by Gasteiger charge is -2.53. The molecule has 0 saturated carbocycles. The van der Waals surface area contributed by atoms with Crippen molar-refractivity contribution in [1.82, 2.24) is 5.32 Å². The summed E-state index contributed by atoms with van der Waals surface area (Å²) in [5, 5.41) is 3.38. The van der Waals surface area contributed by atoms with E-state index in [9.17, 15) is 0 Å². The van der Waals surface area contributed by atoms with Crippen LogP contribution in [0.25, 0.3) is 0 Å². The first-order valence-corrected chi connectivity index (χ1v) is 5.55. The molecule has 2 aliphatic rings. The van der Waals surface area contributed by atoms with E-state index in [1.165, 1.54) is 0 Å². The van der Waals surface area contributed by atoms with E-state index >= 15 is 0 Å². The summed E-state index contributed by atoms with van der Waals surface area (Å²) in [5.74, 6) is 0. The Morgan fingerprint density at radius 2 is 1.86 bits per heavy atom. The highest BCUT2D eigenvalue weighted by atomic mass is 16.5. The van der Waals surface area contributed by atoms with Gasteiger partial charge in [-0.05, 0) is 6.92 Å². The second-order valence-corrected chi connectivity index (χ2v) is 5.13. The SMILES string of the molecule is CC1NCC(C)(C)C2(CCOCC2)O1. The Morgan fingerprint density at radius 3 is 2.50 bits per heavy atom. The molecular formula is C11H21NO2. The van der Waals surface area contributed by atoms with Crippen molar-refractivity contribution in [2.24, 2.45) is 5.41 Å². The van der Waals surface area contributed by atoms with Gasteiger partial charge in [-0.15, -0.1) is 0 Å². The van der Waals surface area contributed by atoms with Crippen LogP contribution in [-0.2, 0) is 9.47 Å². The van der Waals surface area contributed by atoms with Gasteiger partial charge in [0.15, 0.2) is 0 Å². The van der Waals surface area contributed by atoms with Crippen LogP contribution in [0.1, 0.15) is 33.6 Å². The van der Waals surface area contributed by atoms with Crippen molar-refractivity contribution in [2.75, 3.05) is 19.8 Å². The lowest BCUT2D eigenvalue weighted by Crippen LogP contribution is -2.62. The minimum absolute atomic E-state index is 0.0376. The molecule has 2 rings (SSSR count). The van der Waals surface area contributed by atoms with Crippen molar-refractivity contribution in [3.8, 4) is 0 Å². The summed E-state index contributed by atoms with van der Waals surface area (Å²) in [6.45, 7) is 9.39. The Bertz CT molecular complexity index is 209. The number of hydrogen-bond acceptors (Lipinski definition) is 3. The average Bonchev–Trinajstić information content (AvgIpc) is 2.14. The van der Waals surface area contributed by atoms with Crippen LogP contribution in [0.15, 0.2) is 0 Å². The number of rotatable bonds is 0.